The van der Waals surface area contributed by atoms with Gasteiger partial charge in [0.2, 0.25) is 5.91 Å². The minimum atomic E-state index is -4.69. The third-order valence-electron chi connectivity index (χ3n) is 5.72. The van der Waals surface area contributed by atoms with Crippen LogP contribution in [-0.2, 0) is 27.6 Å². The molecule has 0 saturated heterocycles. The van der Waals surface area contributed by atoms with E-state index in [-0.39, 0.29) is 30.2 Å². The van der Waals surface area contributed by atoms with E-state index in [0.29, 0.717) is 18.1 Å². The summed E-state index contributed by atoms with van der Waals surface area (Å²) >= 11 is 0. The molecule has 0 aliphatic heterocycles. The molecule has 0 saturated carbocycles. The van der Waals surface area contributed by atoms with Crippen molar-refractivity contribution in [2.45, 2.75) is 56.8 Å². The van der Waals surface area contributed by atoms with Crippen LogP contribution < -0.4 is 4.18 Å². The molecule has 1 amide bonds. The minimum Gasteiger partial charge on any atom is -0.379 e. The van der Waals surface area contributed by atoms with Gasteiger partial charge in [0.05, 0.1) is 11.5 Å². The molecule has 3 aromatic rings. The predicted octanol–water partition coefficient (Wildman–Crippen LogP) is 6.40. The molecule has 0 N–H and O–H groups in total. The van der Waals surface area contributed by atoms with Gasteiger partial charge in [-0.1, -0.05) is 55.5 Å². The third kappa shape index (κ3) is 6.66. The summed E-state index contributed by atoms with van der Waals surface area (Å²) in [7, 11) is -4.51. The summed E-state index contributed by atoms with van der Waals surface area (Å²) in [6, 6.07) is 18.9. The number of hydrogen-bond donors (Lipinski definition) is 0. The van der Waals surface area contributed by atoms with Gasteiger partial charge in [-0.25, -0.2) is 0 Å². The molecule has 1 atom stereocenters. The average Bonchev–Trinajstić information content (AvgIpc) is 2.83. The monoisotopic (exact) mass is 519 g/mol. The van der Waals surface area contributed by atoms with Crippen LogP contribution in [0, 0.1) is 0 Å². The van der Waals surface area contributed by atoms with E-state index in [9.17, 15) is 26.4 Å². The molecule has 192 valence electrons. The van der Waals surface area contributed by atoms with E-state index in [1.807, 2.05) is 51.1 Å². The van der Waals surface area contributed by atoms with E-state index in [1.54, 1.807) is 17.0 Å². The van der Waals surface area contributed by atoms with Crippen molar-refractivity contribution in [1.29, 1.82) is 0 Å². The molecule has 0 heterocycles. The van der Waals surface area contributed by atoms with Crippen LogP contribution in [0.1, 0.15) is 49.8 Å². The van der Waals surface area contributed by atoms with Gasteiger partial charge in [0.15, 0.2) is 0 Å². The second-order valence-electron chi connectivity index (χ2n) is 8.64. The highest BCUT2D eigenvalue weighted by Gasteiger charge is 2.32. The quantitative estimate of drug-likeness (QED) is 0.307. The summed E-state index contributed by atoms with van der Waals surface area (Å²) in [5, 5.41) is 0. The highest BCUT2D eigenvalue weighted by Crippen LogP contribution is 2.31. The second kappa shape index (κ2) is 11.2. The summed E-state index contributed by atoms with van der Waals surface area (Å²) < 4.78 is 69.5. The Morgan fingerprint density at radius 3 is 2.22 bits per heavy atom. The van der Waals surface area contributed by atoms with Crippen LogP contribution >= 0.6 is 0 Å². The first-order valence-electron chi connectivity index (χ1n) is 11.5. The molecule has 0 spiro atoms. The predicted molar refractivity (Wildman–Crippen MR) is 131 cm³/mol. The normalized spacial score (nSPS) is 12.9. The Hall–Kier alpha value is -3.33. The minimum absolute atomic E-state index is 0.0541. The molecule has 0 aliphatic rings. The Labute approximate surface area is 209 Å². The van der Waals surface area contributed by atoms with Crippen LogP contribution in [0.2, 0.25) is 0 Å². The summed E-state index contributed by atoms with van der Waals surface area (Å²) in [5.74, 6) is -0.438. The van der Waals surface area contributed by atoms with Gasteiger partial charge >= 0.3 is 16.3 Å². The van der Waals surface area contributed by atoms with Gasteiger partial charge < -0.3 is 9.08 Å². The average molecular weight is 520 g/mol. The van der Waals surface area contributed by atoms with E-state index in [4.69, 9.17) is 4.18 Å². The van der Waals surface area contributed by atoms with E-state index in [0.717, 1.165) is 23.8 Å². The molecule has 3 aromatic carbocycles. The van der Waals surface area contributed by atoms with E-state index < -0.39 is 26.8 Å². The van der Waals surface area contributed by atoms with Gasteiger partial charge in [-0.15, -0.1) is 0 Å². The molecular formula is C27H28F3NO4S. The number of alkyl halides is 3. The standard InChI is InChI=1S/C27H28F3NO4S/c1-4-25(21-11-6-5-7-12-21)26(32)31(19(2)3)18-20-10-8-14-23(16-20)35-36(33,34)24-15-9-13-22(17-24)27(28,29)30/h5-17,19,25H,4,18H2,1-3H3/t25-/m1/s1. The first-order valence-corrected chi connectivity index (χ1v) is 12.9. The maximum atomic E-state index is 13.4. The van der Waals surface area contributed by atoms with Crippen LogP contribution in [-0.4, -0.2) is 25.3 Å². The fraction of sp³-hybridized carbons (Fsp3) is 0.296. The maximum Gasteiger partial charge on any atom is 0.416 e. The number of carbonyl (C=O) groups excluding carboxylic acids is 1. The number of amides is 1. The number of halogens is 3. The summed E-state index contributed by atoms with van der Waals surface area (Å²) in [4.78, 5) is 14.5. The first-order chi connectivity index (χ1) is 16.9. The summed E-state index contributed by atoms with van der Waals surface area (Å²) in [6.45, 7) is 5.95. The van der Waals surface area contributed by atoms with Gasteiger partial charge in [0.25, 0.3) is 0 Å². The van der Waals surface area contributed by atoms with Crippen molar-refractivity contribution in [3.63, 3.8) is 0 Å². The lowest BCUT2D eigenvalue weighted by molar-refractivity contribution is -0.138. The zero-order valence-corrected chi connectivity index (χ0v) is 21.0. The molecule has 0 aromatic heterocycles. The van der Waals surface area contributed by atoms with Crippen molar-refractivity contribution in [2.75, 3.05) is 0 Å². The lowest BCUT2D eigenvalue weighted by Gasteiger charge is -2.31. The van der Waals surface area contributed by atoms with Gasteiger partial charge in [0, 0.05) is 12.6 Å². The zero-order chi connectivity index (χ0) is 26.5. The largest absolute Gasteiger partial charge is 0.416 e. The molecule has 0 aliphatic carbocycles. The highest BCUT2D eigenvalue weighted by atomic mass is 32.2. The Kier molecular flexibility index (Phi) is 8.45. The van der Waals surface area contributed by atoms with Crippen molar-refractivity contribution in [3.8, 4) is 5.75 Å². The highest BCUT2D eigenvalue weighted by molar-refractivity contribution is 7.87. The Bertz CT molecular complexity index is 1290. The van der Waals surface area contributed by atoms with Crippen LogP contribution in [0.5, 0.6) is 5.75 Å². The smallest absolute Gasteiger partial charge is 0.379 e. The van der Waals surface area contributed by atoms with Crippen molar-refractivity contribution in [1.82, 2.24) is 4.90 Å². The molecule has 36 heavy (non-hydrogen) atoms. The van der Waals surface area contributed by atoms with Gasteiger partial charge in [-0.3, -0.25) is 4.79 Å². The Morgan fingerprint density at radius 1 is 0.944 bits per heavy atom. The molecule has 5 nitrogen and oxygen atoms in total. The fourth-order valence-corrected chi connectivity index (χ4v) is 4.82. The van der Waals surface area contributed by atoms with Crippen LogP contribution in [0.25, 0.3) is 0 Å². The van der Waals surface area contributed by atoms with Crippen LogP contribution in [0.3, 0.4) is 0 Å². The lowest BCUT2D eigenvalue weighted by Crippen LogP contribution is -2.39. The van der Waals surface area contributed by atoms with E-state index in [1.165, 1.54) is 12.1 Å². The number of nitrogens with zero attached hydrogens (tertiary/aromatic N) is 1. The topological polar surface area (TPSA) is 63.7 Å². The number of rotatable bonds is 9. The number of hydrogen-bond acceptors (Lipinski definition) is 4. The number of carbonyl (C=O) groups is 1. The number of benzene rings is 3. The second-order valence-corrected chi connectivity index (χ2v) is 10.2. The van der Waals surface area contributed by atoms with Crippen molar-refractivity contribution in [3.05, 3.63) is 95.6 Å². The van der Waals surface area contributed by atoms with Crippen molar-refractivity contribution in [2.24, 2.45) is 0 Å². The Balaban J connectivity index is 1.83. The van der Waals surface area contributed by atoms with E-state index >= 15 is 0 Å². The van der Waals surface area contributed by atoms with Crippen molar-refractivity contribution < 1.29 is 30.6 Å². The van der Waals surface area contributed by atoms with E-state index in [2.05, 4.69) is 0 Å². The summed E-state index contributed by atoms with van der Waals surface area (Å²) in [6.07, 6.45) is -4.07. The zero-order valence-electron chi connectivity index (χ0n) is 20.2. The van der Waals surface area contributed by atoms with Gasteiger partial charge in [-0.2, -0.15) is 21.6 Å². The van der Waals surface area contributed by atoms with Crippen LogP contribution in [0.4, 0.5) is 13.2 Å². The third-order valence-corrected chi connectivity index (χ3v) is 6.97. The summed E-state index contributed by atoms with van der Waals surface area (Å²) in [5.41, 5.74) is 0.451. The SMILES string of the molecule is CC[C@@H](C(=O)N(Cc1cccc(OS(=O)(=O)c2cccc(C(F)(F)F)c2)c1)C(C)C)c1ccccc1. The molecule has 9 heteroatoms. The van der Waals surface area contributed by atoms with Gasteiger partial charge in [0.1, 0.15) is 10.6 Å². The molecule has 0 unspecified atom stereocenters. The van der Waals surface area contributed by atoms with Crippen molar-refractivity contribution >= 4 is 16.0 Å². The van der Waals surface area contributed by atoms with Gasteiger partial charge in [-0.05, 0) is 61.7 Å². The lowest BCUT2D eigenvalue weighted by atomic mass is 9.94. The molecule has 3 rings (SSSR count). The molecular weight excluding hydrogens is 491 g/mol. The molecule has 0 fully saturated rings. The maximum absolute atomic E-state index is 13.4. The first kappa shape index (κ1) is 27.3. The van der Waals surface area contributed by atoms with Crippen LogP contribution in [0.15, 0.2) is 83.8 Å². The molecule has 0 bridgehead atoms. The Morgan fingerprint density at radius 2 is 1.61 bits per heavy atom. The fourth-order valence-electron chi connectivity index (χ4n) is 3.85. The molecule has 0 radical (unpaired) electrons.